The maximum atomic E-state index is 4.99. The van der Waals surface area contributed by atoms with E-state index in [9.17, 15) is 0 Å². The molecule has 2 heterocycles. The van der Waals surface area contributed by atoms with Gasteiger partial charge in [0.15, 0.2) is 0 Å². The molecule has 0 atom stereocenters. The minimum atomic E-state index is 0.989. The standard InChI is InChI=1S/C37H22N2/c1-2-12-27-24(9-1)22-38-37-36(27)33-15-5-6-18-34(33)39(37)25-11-7-10-23(21-25)26-19-20-32-29-14-4-3-13-28(29)31-17-8-16-30(26)35(31)32/h1-22H. The van der Waals surface area contributed by atoms with Gasteiger partial charge >= 0.3 is 0 Å². The SMILES string of the molecule is c1cc(-c2ccc3c4c(cccc24)-c2ccccc2-3)cc(-n2c3ccccc3c3c4ccccc4cnc32)c1. The van der Waals surface area contributed by atoms with Crippen molar-refractivity contribution in [3.63, 3.8) is 0 Å². The monoisotopic (exact) mass is 494 g/mol. The van der Waals surface area contributed by atoms with Crippen molar-refractivity contribution in [2.45, 2.75) is 0 Å². The Bertz CT molecular complexity index is 2260. The van der Waals surface area contributed by atoms with Crippen LogP contribution in [0.25, 0.3) is 82.5 Å². The largest absolute Gasteiger partial charge is 0.294 e. The molecule has 8 aromatic rings. The van der Waals surface area contributed by atoms with Gasteiger partial charge < -0.3 is 0 Å². The van der Waals surface area contributed by atoms with E-state index in [0.29, 0.717) is 0 Å². The highest BCUT2D eigenvalue weighted by molar-refractivity contribution is 6.20. The van der Waals surface area contributed by atoms with E-state index in [4.69, 9.17) is 4.98 Å². The van der Waals surface area contributed by atoms with Gasteiger partial charge in [0, 0.05) is 28.0 Å². The molecule has 9 rings (SSSR count). The number of fused-ring (bicyclic) bond motifs is 8. The molecule has 39 heavy (non-hydrogen) atoms. The molecule has 0 saturated carbocycles. The number of hydrogen-bond donors (Lipinski definition) is 0. The maximum Gasteiger partial charge on any atom is 0.146 e. The average Bonchev–Trinajstić information content (AvgIpc) is 3.52. The van der Waals surface area contributed by atoms with Crippen molar-refractivity contribution in [3.05, 3.63) is 134 Å². The van der Waals surface area contributed by atoms with E-state index in [1.54, 1.807) is 0 Å². The lowest BCUT2D eigenvalue weighted by Gasteiger charge is -2.13. The van der Waals surface area contributed by atoms with Crippen molar-refractivity contribution >= 4 is 43.5 Å². The minimum Gasteiger partial charge on any atom is -0.294 e. The highest BCUT2D eigenvalue weighted by Gasteiger charge is 2.22. The Labute approximate surface area is 225 Å². The van der Waals surface area contributed by atoms with E-state index in [2.05, 4.69) is 132 Å². The summed E-state index contributed by atoms with van der Waals surface area (Å²) in [5.41, 5.74) is 11.0. The summed E-state index contributed by atoms with van der Waals surface area (Å²) in [7, 11) is 0. The molecule has 0 fully saturated rings. The number of aromatic nitrogens is 2. The Balaban J connectivity index is 1.31. The van der Waals surface area contributed by atoms with Crippen LogP contribution in [-0.4, -0.2) is 9.55 Å². The summed E-state index contributed by atoms with van der Waals surface area (Å²) in [5.74, 6) is 0. The second kappa shape index (κ2) is 7.66. The third-order valence-corrected chi connectivity index (χ3v) is 8.37. The van der Waals surface area contributed by atoms with Crippen LogP contribution in [0.15, 0.2) is 134 Å². The molecule has 180 valence electrons. The van der Waals surface area contributed by atoms with E-state index >= 15 is 0 Å². The summed E-state index contributed by atoms with van der Waals surface area (Å²) >= 11 is 0. The zero-order valence-electron chi connectivity index (χ0n) is 21.1. The molecule has 2 heteroatoms. The fourth-order valence-electron chi connectivity index (χ4n) is 6.72. The van der Waals surface area contributed by atoms with E-state index in [1.165, 1.54) is 65.8 Å². The molecule has 0 saturated heterocycles. The molecule has 2 aromatic heterocycles. The number of hydrogen-bond acceptors (Lipinski definition) is 1. The molecule has 0 bridgehead atoms. The number of benzene rings is 6. The predicted molar refractivity (Wildman–Crippen MR) is 163 cm³/mol. The number of rotatable bonds is 2. The van der Waals surface area contributed by atoms with Crippen LogP contribution in [0.2, 0.25) is 0 Å². The first-order chi connectivity index (χ1) is 19.4. The Hall–Kier alpha value is -5.21. The molecule has 2 nitrogen and oxygen atoms in total. The summed E-state index contributed by atoms with van der Waals surface area (Å²) < 4.78 is 2.32. The molecule has 1 aliphatic carbocycles. The van der Waals surface area contributed by atoms with Crippen molar-refractivity contribution in [3.8, 4) is 39.1 Å². The van der Waals surface area contributed by atoms with Crippen LogP contribution >= 0.6 is 0 Å². The third-order valence-electron chi connectivity index (χ3n) is 8.37. The summed E-state index contributed by atoms with van der Waals surface area (Å²) in [4.78, 5) is 4.99. The first kappa shape index (κ1) is 20.8. The lowest BCUT2D eigenvalue weighted by molar-refractivity contribution is 1.14. The molecule has 1 aliphatic rings. The Morgan fingerprint density at radius 3 is 2.03 bits per heavy atom. The Morgan fingerprint density at radius 2 is 1.13 bits per heavy atom. The van der Waals surface area contributed by atoms with Gasteiger partial charge in [-0.2, -0.15) is 0 Å². The van der Waals surface area contributed by atoms with Crippen molar-refractivity contribution in [2.24, 2.45) is 0 Å². The van der Waals surface area contributed by atoms with Gasteiger partial charge in [0.2, 0.25) is 0 Å². The lowest BCUT2D eigenvalue weighted by Crippen LogP contribution is -1.96. The predicted octanol–water partition coefficient (Wildman–Crippen LogP) is 9.80. The fraction of sp³-hybridized carbons (Fsp3) is 0. The van der Waals surface area contributed by atoms with E-state index in [1.807, 2.05) is 6.20 Å². The van der Waals surface area contributed by atoms with Gasteiger partial charge in [0.05, 0.1) is 5.52 Å². The smallest absolute Gasteiger partial charge is 0.146 e. The van der Waals surface area contributed by atoms with E-state index < -0.39 is 0 Å². The summed E-state index contributed by atoms with van der Waals surface area (Å²) in [6.07, 6.45) is 2.00. The summed E-state index contributed by atoms with van der Waals surface area (Å²) in [6.45, 7) is 0. The van der Waals surface area contributed by atoms with Gasteiger partial charge in [-0.1, -0.05) is 109 Å². The minimum absolute atomic E-state index is 0.989. The van der Waals surface area contributed by atoms with Crippen molar-refractivity contribution < 1.29 is 0 Å². The van der Waals surface area contributed by atoms with Crippen LogP contribution < -0.4 is 0 Å². The van der Waals surface area contributed by atoms with Crippen LogP contribution in [-0.2, 0) is 0 Å². The number of nitrogens with zero attached hydrogens (tertiary/aromatic N) is 2. The summed E-state index contributed by atoms with van der Waals surface area (Å²) in [6, 6.07) is 46.2. The Morgan fingerprint density at radius 1 is 0.462 bits per heavy atom. The summed E-state index contributed by atoms with van der Waals surface area (Å²) in [5, 5.41) is 7.48. The van der Waals surface area contributed by atoms with Crippen molar-refractivity contribution in [1.29, 1.82) is 0 Å². The van der Waals surface area contributed by atoms with Crippen molar-refractivity contribution in [1.82, 2.24) is 9.55 Å². The molecule has 6 aromatic carbocycles. The van der Waals surface area contributed by atoms with Crippen molar-refractivity contribution in [2.75, 3.05) is 0 Å². The fourth-order valence-corrected chi connectivity index (χ4v) is 6.72. The zero-order valence-corrected chi connectivity index (χ0v) is 21.1. The number of para-hydroxylation sites is 1. The van der Waals surface area contributed by atoms with Crippen LogP contribution in [0.5, 0.6) is 0 Å². The van der Waals surface area contributed by atoms with Gasteiger partial charge in [0.25, 0.3) is 0 Å². The molecule has 0 amide bonds. The van der Waals surface area contributed by atoms with Gasteiger partial charge in [-0.05, 0) is 67.7 Å². The normalized spacial score (nSPS) is 12.1. The first-order valence-corrected chi connectivity index (χ1v) is 13.4. The van der Waals surface area contributed by atoms with Crippen LogP contribution in [0, 0.1) is 0 Å². The second-order valence-corrected chi connectivity index (χ2v) is 10.4. The van der Waals surface area contributed by atoms with Gasteiger partial charge in [-0.15, -0.1) is 0 Å². The first-order valence-electron chi connectivity index (χ1n) is 13.4. The number of pyridine rings is 1. The highest BCUT2D eigenvalue weighted by atomic mass is 15.0. The van der Waals surface area contributed by atoms with Crippen LogP contribution in [0.4, 0.5) is 0 Å². The quantitative estimate of drug-likeness (QED) is 0.234. The van der Waals surface area contributed by atoms with E-state index in [-0.39, 0.29) is 0 Å². The molecule has 0 radical (unpaired) electrons. The Kier molecular flexibility index (Phi) is 4.08. The van der Waals surface area contributed by atoms with E-state index in [0.717, 1.165) is 16.7 Å². The van der Waals surface area contributed by atoms with Crippen LogP contribution in [0.3, 0.4) is 0 Å². The van der Waals surface area contributed by atoms with Gasteiger partial charge in [0.1, 0.15) is 5.65 Å². The van der Waals surface area contributed by atoms with Gasteiger partial charge in [-0.25, -0.2) is 4.98 Å². The second-order valence-electron chi connectivity index (χ2n) is 10.4. The topological polar surface area (TPSA) is 17.8 Å². The average molecular weight is 495 g/mol. The molecule has 0 N–H and O–H groups in total. The van der Waals surface area contributed by atoms with Crippen LogP contribution in [0.1, 0.15) is 0 Å². The molecule has 0 spiro atoms. The molecule has 0 aliphatic heterocycles. The lowest BCUT2D eigenvalue weighted by atomic mass is 9.94. The highest BCUT2D eigenvalue weighted by Crippen LogP contribution is 2.49. The molecular formula is C37H22N2. The molecule has 0 unspecified atom stereocenters. The maximum absolute atomic E-state index is 4.99. The molecular weight excluding hydrogens is 472 g/mol. The zero-order chi connectivity index (χ0) is 25.5. The third kappa shape index (κ3) is 2.78. The van der Waals surface area contributed by atoms with Gasteiger partial charge in [-0.3, -0.25) is 4.57 Å².